The third-order valence-electron chi connectivity index (χ3n) is 5.11. The number of carbonyl (C=O) groups is 1. The van der Waals surface area contributed by atoms with Gasteiger partial charge < -0.3 is 19.5 Å². The monoisotopic (exact) mass is 369 g/mol. The predicted octanol–water partition coefficient (Wildman–Crippen LogP) is 3.25. The van der Waals surface area contributed by atoms with Crippen molar-refractivity contribution in [3.05, 3.63) is 59.7 Å². The summed E-state index contributed by atoms with van der Waals surface area (Å²) in [5, 5.41) is 3.05. The Morgan fingerprint density at radius 1 is 1.15 bits per heavy atom. The van der Waals surface area contributed by atoms with Crippen LogP contribution in [0.1, 0.15) is 24.0 Å². The van der Waals surface area contributed by atoms with Crippen molar-refractivity contribution in [1.82, 2.24) is 5.32 Å². The molecule has 5 nitrogen and oxygen atoms in total. The predicted molar refractivity (Wildman–Crippen MR) is 104 cm³/mol. The highest BCUT2D eigenvalue weighted by Gasteiger charge is 2.37. The Bertz CT molecular complexity index is 768. The van der Waals surface area contributed by atoms with Crippen LogP contribution in [-0.4, -0.2) is 39.4 Å². The van der Waals surface area contributed by atoms with E-state index < -0.39 is 0 Å². The van der Waals surface area contributed by atoms with E-state index in [1.165, 1.54) is 0 Å². The molecule has 1 aliphatic heterocycles. The van der Waals surface area contributed by atoms with Gasteiger partial charge in [0.05, 0.1) is 7.11 Å². The molecule has 0 atom stereocenters. The largest absolute Gasteiger partial charge is 0.496 e. The van der Waals surface area contributed by atoms with Crippen molar-refractivity contribution < 1.29 is 19.0 Å². The first-order valence-electron chi connectivity index (χ1n) is 9.30. The highest BCUT2D eigenvalue weighted by Crippen LogP contribution is 2.39. The van der Waals surface area contributed by atoms with Crippen LogP contribution in [0.15, 0.2) is 48.5 Å². The van der Waals surface area contributed by atoms with Gasteiger partial charge in [-0.15, -0.1) is 0 Å². The molecule has 2 aromatic rings. The Morgan fingerprint density at radius 3 is 2.67 bits per heavy atom. The van der Waals surface area contributed by atoms with Gasteiger partial charge in [0.15, 0.2) is 6.61 Å². The molecule has 1 heterocycles. The lowest BCUT2D eigenvalue weighted by Crippen LogP contribution is -2.45. The van der Waals surface area contributed by atoms with E-state index in [1.54, 1.807) is 7.11 Å². The van der Waals surface area contributed by atoms with E-state index in [0.717, 1.165) is 29.7 Å². The Morgan fingerprint density at radius 2 is 1.93 bits per heavy atom. The molecule has 1 aliphatic rings. The highest BCUT2D eigenvalue weighted by atomic mass is 16.5. The lowest BCUT2D eigenvalue weighted by molar-refractivity contribution is -0.123. The molecule has 0 unspecified atom stereocenters. The van der Waals surface area contributed by atoms with E-state index in [-0.39, 0.29) is 17.9 Å². The van der Waals surface area contributed by atoms with Gasteiger partial charge in [-0.25, -0.2) is 0 Å². The first kappa shape index (κ1) is 19.2. The molecular formula is C22H27NO4. The molecule has 0 aliphatic carbocycles. The summed E-state index contributed by atoms with van der Waals surface area (Å²) in [7, 11) is 1.68. The van der Waals surface area contributed by atoms with Crippen molar-refractivity contribution >= 4 is 5.91 Å². The molecule has 1 saturated heterocycles. The van der Waals surface area contributed by atoms with Gasteiger partial charge in [-0.2, -0.15) is 0 Å². The summed E-state index contributed by atoms with van der Waals surface area (Å²) in [5.41, 5.74) is 2.03. The number of para-hydroxylation sites is 1. The topological polar surface area (TPSA) is 56.8 Å². The molecule has 0 bridgehead atoms. The number of amides is 1. The van der Waals surface area contributed by atoms with E-state index >= 15 is 0 Å². The minimum absolute atomic E-state index is 0.00194. The maximum absolute atomic E-state index is 12.4. The van der Waals surface area contributed by atoms with E-state index in [4.69, 9.17) is 14.2 Å². The van der Waals surface area contributed by atoms with Gasteiger partial charge in [0.2, 0.25) is 0 Å². The fraction of sp³-hybridized carbons (Fsp3) is 0.409. The number of nitrogens with one attached hydrogen (secondary N) is 1. The molecule has 27 heavy (non-hydrogen) atoms. The number of carbonyl (C=O) groups excluding carboxylic acids is 1. The average molecular weight is 369 g/mol. The van der Waals surface area contributed by atoms with Crippen LogP contribution < -0.4 is 14.8 Å². The number of hydrogen-bond acceptors (Lipinski definition) is 4. The second-order valence-corrected chi connectivity index (χ2v) is 6.97. The quantitative estimate of drug-likeness (QED) is 0.814. The minimum atomic E-state index is -0.191. The van der Waals surface area contributed by atoms with Gasteiger partial charge in [-0.1, -0.05) is 30.3 Å². The number of hydrogen-bond donors (Lipinski definition) is 1. The third kappa shape index (κ3) is 4.80. The fourth-order valence-electron chi connectivity index (χ4n) is 3.56. The number of aryl methyl sites for hydroxylation is 1. The molecule has 1 N–H and O–H groups in total. The van der Waals surface area contributed by atoms with Gasteiger partial charge in [0.25, 0.3) is 5.91 Å². The van der Waals surface area contributed by atoms with Crippen LogP contribution in [-0.2, 0) is 14.9 Å². The van der Waals surface area contributed by atoms with E-state index in [2.05, 4.69) is 11.4 Å². The van der Waals surface area contributed by atoms with Crippen molar-refractivity contribution in [3.8, 4) is 11.5 Å². The molecule has 0 aromatic heterocycles. The van der Waals surface area contributed by atoms with Crippen LogP contribution in [0.5, 0.6) is 11.5 Å². The van der Waals surface area contributed by atoms with Gasteiger partial charge in [-0.05, 0) is 43.5 Å². The maximum atomic E-state index is 12.4. The number of methoxy groups -OCH3 is 1. The van der Waals surface area contributed by atoms with Crippen LogP contribution >= 0.6 is 0 Å². The second-order valence-electron chi connectivity index (χ2n) is 6.97. The second kappa shape index (κ2) is 8.91. The van der Waals surface area contributed by atoms with Crippen LogP contribution in [0.4, 0.5) is 0 Å². The standard InChI is InChI=1S/C22H27NO4/c1-17-6-5-7-18(14-17)27-15-21(24)23-16-22(10-12-26-13-11-22)19-8-3-4-9-20(19)25-2/h3-9,14H,10-13,15-16H2,1-2H3,(H,23,24). The fourth-order valence-corrected chi connectivity index (χ4v) is 3.56. The first-order valence-corrected chi connectivity index (χ1v) is 9.30. The molecule has 0 spiro atoms. The summed E-state index contributed by atoms with van der Waals surface area (Å²) in [6.07, 6.45) is 1.68. The van der Waals surface area contributed by atoms with Crippen molar-refractivity contribution in [3.63, 3.8) is 0 Å². The third-order valence-corrected chi connectivity index (χ3v) is 5.11. The minimum Gasteiger partial charge on any atom is -0.496 e. The SMILES string of the molecule is COc1ccccc1C1(CNC(=O)COc2cccc(C)c2)CCOCC1. The number of rotatable bonds is 7. The number of ether oxygens (including phenoxy) is 3. The van der Waals surface area contributed by atoms with E-state index in [0.29, 0.717) is 25.5 Å². The van der Waals surface area contributed by atoms with Crippen molar-refractivity contribution in [1.29, 1.82) is 0 Å². The van der Waals surface area contributed by atoms with Crippen LogP contribution in [0, 0.1) is 6.92 Å². The average Bonchev–Trinajstić information content (AvgIpc) is 2.71. The van der Waals surface area contributed by atoms with Crippen LogP contribution in [0.25, 0.3) is 0 Å². The Labute approximate surface area is 160 Å². The Hall–Kier alpha value is -2.53. The van der Waals surface area contributed by atoms with Gasteiger partial charge in [0.1, 0.15) is 11.5 Å². The molecule has 1 amide bonds. The smallest absolute Gasteiger partial charge is 0.257 e. The molecule has 2 aromatic carbocycles. The molecule has 1 fully saturated rings. The molecule has 3 rings (SSSR count). The van der Waals surface area contributed by atoms with E-state index in [9.17, 15) is 4.79 Å². The first-order chi connectivity index (χ1) is 13.1. The molecule has 144 valence electrons. The summed E-state index contributed by atoms with van der Waals surface area (Å²) >= 11 is 0. The van der Waals surface area contributed by atoms with E-state index in [1.807, 2.05) is 49.4 Å². The summed E-state index contributed by atoms with van der Waals surface area (Å²) in [6.45, 7) is 3.88. The Kier molecular flexibility index (Phi) is 6.35. The lowest BCUT2D eigenvalue weighted by Gasteiger charge is -2.38. The molecule has 0 radical (unpaired) electrons. The summed E-state index contributed by atoms with van der Waals surface area (Å²) < 4.78 is 16.7. The zero-order chi connectivity index (χ0) is 19.1. The normalized spacial score (nSPS) is 15.8. The number of benzene rings is 2. The van der Waals surface area contributed by atoms with Crippen molar-refractivity contribution in [2.75, 3.05) is 33.5 Å². The summed E-state index contributed by atoms with van der Waals surface area (Å²) in [4.78, 5) is 12.4. The molecule has 5 heteroatoms. The Balaban J connectivity index is 1.65. The van der Waals surface area contributed by atoms with Crippen LogP contribution in [0.3, 0.4) is 0 Å². The van der Waals surface area contributed by atoms with Gasteiger partial charge in [-0.3, -0.25) is 4.79 Å². The molecule has 0 saturated carbocycles. The van der Waals surface area contributed by atoms with Gasteiger partial charge in [0, 0.05) is 30.7 Å². The van der Waals surface area contributed by atoms with Crippen molar-refractivity contribution in [2.45, 2.75) is 25.2 Å². The van der Waals surface area contributed by atoms with Crippen molar-refractivity contribution in [2.24, 2.45) is 0 Å². The summed E-state index contributed by atoms with van der Waals surface area (Å²) in [5.74, 6) is 1.43. The van der Waals surface area contributed by atoms with Crippen LogP contribution in [0.2, 0.25) is 0 Å². The maximum Gasteiger partial charge on any atom is 0.257 e. The van der Waals surface area contributed by atoms with Gasteiger partial charge >= 0.3 is 0 Å². The zero-order valence-corrected chi connectivity index (χ0v) is 16.0. The highest BCUT2D eigenvalue weighted by molar-refractivity contribution is 5.77. The molecular weight excluding hydrogens is 342 g/mol. The lowest BCUT2D eigenvalue weighted by atomic mass is 9.73. The summed E-state index contributed by atoms with van der Waals surface area (Å²) in [6, 6.07) is 15.7. The zero-order valence-electron chi connectivity index (χ0n) is 16.0.